The Morgan fingerprint density at radius 2 is 1.96 bits per heavy atom. The maximum absolute atomic E-state index is 13.1. The van der Waals surface area contributed by atoms with Gasteiger partial charge in [0.25, 0.3) is 11.5 Å². The Bertz CT molecular complexity index is 914. The first-order valence-electron chi connectivity index (χ1n) is 9.50. The van der Waals surface area contributed by atoms with Crippen molar-refractivity contribution in [2.45, 2.75) is 52.0 Å². The van der Waals surface area contributed by atoms with Crippen molar-refractivity contribution in [3.05, 3.63) is 57.0 Å². The van der Waals surface area contributed by atoms with Crippen LogP contribution in [0.25, 0.3) is 0 Å². The number of nitrogens with one attached hydrogen (secondary N) is 1. The topological polar surface area (TPSA) is 60.3 Å². The van der Waals surface area contributed by atoms with Crippen molar-refractivity contribution in [3.63, 3.8) is 0 Å². The van der Waals surface area contributed by atoms with Gasteiger partial charge in [0.05, 0.1) is 6.61 Å². The van der Waals surface area contributed by atoms with Gasteiger partial charge >= 0.3 is 0 Å². The molecule has 0 radical (unpaired) electrons. The maximum Gasteiger partial charge on any atom is 0.261 e. The van der Waals surface area contributed by atoms with Crippen LogP contribution in [0.4, 0.5) is 5.69 Å². The Labute approximate surface area is 153 Å². The summed E-state index contributed by atoms with van der Waals surface area (Å²) in [6.45, 7) is 2.95. The highest BCUT2D eigenvalue weighted by Gasteiger charge is 2.24. The van der Waals surface area contributed by atoms with Crippen molar-refractivity contribution in [1.29, 1.82) is 0 Å². The molecule has 136 valence electrons. The summed E-state index contributed by atoms with van der Waals surface area (Å²) in [5.74, 6) is 0.196. The molecule has 1 amide bonds. The van der Waals surface area contributed by atoms with Crippen LogP contribution in [-0.4, -0.2) is 17.1 Å². The van der Waals surface area contributed by atoms with Crippen molar-refractivity contribution in [2.75, 3.05) is 11.9 Å². The normalized spacial score (nSPS) is 15.3. The van der Waals surface area contributed by atoms with Crippen LogP contribution < -0.4 is 15.6 Å². The highest BCUT2D eigenvalue weighted by atomic mass is 16.5. The maximum atomic E-state index is 13.1. The monoisotopic (exact) mass is 352 g/mol. The summed E-state index contributed by atoms with van der Waals surface area (Å²) >= 11 is 0. The summed E-state index contributed by atoms with van der Waals surface area (Å²) in [7, 11) is 0. The Morgan fingerprint density at radius 1 is 1.12 bits per heavy atom. The van der Waals surface area contributed by atoms with Crippen molar-refractivity contribution in [2.24, 2.45) is 0 Å². The van der Waals surface area contributed by atoms with Gasteiger partial charge in [0, 0.05) is 24.0 Å². The number of nitrogens with zero attached hydrogens (tertiary/aromatic N) is 1. The number of hydrogen-bond acceptors (Lipinski definition) is 3. The van der Waals surface area contributed by atoms with Gasteiger partial charge in [0.15, 0.2) is 0 Å². The average Bonchev–Trinajstić information content (AvgIpc) is 3.10. The molecule has 4 rings (SSSR count). The molecule has 0 fully saturated rings. The van der Waals surface area contributed by atoms with Gasteiger partial charge < -0.3 is 14.6 Å². The number of amides is 1. The molecule has 1 aromatic heterocycles. The number of ether oxygens (including phenoxy) is 1. The van der Waals surface area contributed by atoms with Crippen LogP contribution in [0.1, 0.15) is 53.4 Å². The molecular weight excluding hydrogens is 328 g/mol. The van der Waals surface area contributed by atoms with E-state index in [4.69, 9.17) is 4.74 Å². The highest BCUT2D eigenvalue weighted by Crippen LogP contribution is 2.28. The summed E-state index contributed by atoms with van der Waals surface area (Å²) in [4.78, 5) is 25.5. The molecule has 0 atom stereocenters. The molecule has 2 aromatic rings. The molecule has 1 aliphatic carbocycles. The molecule has 5 heteroatoms. The lowest BCUT2D eigenvalue weighted by Gasteiger charge is -2.23. The molecule has 0 saturated heterocycles. The molecule has 1 N–H and O–H groups in total. The minimum atomic E-state index is -0.197. The van der Waals surface area contributed by atoms with E-state index in [1.54, 1.807) is 4.57 Å². The number of hydrogen-bond donors (Lipinski definition) is 1. The molecule has 2 heterocycles. The van der Waals surface area contributed by atoms with Crippen LogP contribution in [-0.2, 0) is 25.8 Å². The van der Waals surface area contributed by atoms with Crippen LogP contribution in [0.3, 0.4) is 0 Å². The third kappa shape index (κ3) is 3.02. The quantitative estimate of drug-likeness (QED) is 0.918. The summed E-state index contributed by atoms with van der Waals surface area (Å²) < 4.78 is 7.37. The number of carbonyl (C=O) groups excluding carboxylic acids is 1. The Morgan fingerprint density at radius 3 is 2.81 bits per heavy atom. The molecule has 0 unspecified atom stereocenters. The summed E-state index contributed by atoms with van der Waals surface area (Å²) in [5.41, 5.74) is 4.72. The lowest BCUT2D eigenvalue weighted by molar-refractivity contribution is 0.102. The van der Waals surface area contributed by atoms with E-state index in [-0.39, 0.29) is 11.5 Å². The Kier molecular flexibility index (Phi) is 4.53. The van der Waals surface area contributed by atoms with Crippen molar-refractivity contribution in [3.8, 4) is 5.75 Å². The second kappa shape index (κ2) is 6.98. The zero-order valence-electron chi connectivity index (χ0n) is 15.1. The second-order valence-corrected chi connectivity index (χ2v) is 7.00. The molecule has 0 spiro atoms. The number of pyridine rings is 1. The average molecular weight is 352 g/mol. The third-order valence-electron chi connectivity index (χ3n) is 5.31. The first-order chi connectivity index (χ1) is 12.7. The molecule has 26 heavy (non-hydrogen) atoms. The fraction of sp³-hybridized carbons (Fsp3) is 0.429. The second-order valence-electron chi connectivity index (χ2n) is 7.00. The van der Waals surface area contributed by atoms with Crippen molar-refractivity contribution >= 4 is 11.6 Å². The van der Waals surface area contributed by atoms with Crippen LogP contribution in [0, 0.1) is 0 Å². The number of anilines is 1. The predicted molar refractivity (Wildman–Crippen MR) is 101 cm³/mol. The minimum Gasteiger partial charge on any atom is -0.493 e. The minimum absolute atomic E-state index is 0.0859. The van der Waals surface area contributed by atoms with E-state index in [0.29, 0.717) is 24.5 Å². The van der Waals surface area contributed by atoms with Gasteiger partial charge in [-0.2, -0.15) is 0 Å². The van der Waals surface area contributed by atoms with E-state index in [9.17, 15) is 9.59 Å². The summed E-state index contributed by atoms with van der Waals surface area (Å²) in [6.07, 6.45) is 6.03. The van der Waals surface area contributed by atoms with Gasteiger partial charge in [-0.15, -0.1) is 0 Å². The number of aryl methyl sites for hydroxylation is 2. The zero-order valence-corrected chi connectivity index (χ0v) is 15.1. The molecule has 0 bridgehead atoms. The van der Waals surface area contributed by atoms with Crippen molar-refractivity contribution < 1.29 is 9.53 Å². The number of carbonyl (C=O) groups is 1. The predicted octanol–water partition coefficient (Wildman–Crippen LogP) is 3.32. The van der Waals surface area contributed by atoms with Crippen LogP contribution in [0.2, 0.25) is 0 Å². The van der Waals surface area contributed by atoms with E-state index >= 15 is 0 Å². The molecule has 1 aliphatic heterocycles. The lowest BCUT2D eigenvalue weighted by atomic mass is 10.0. The van der Waals surface area contributed by atoms with Crippen LogP contribution in [0.5, 0.6) is 5.75 Å². The van der Waals surface area contributed by atoms with Crippen LogP contribution in [0.15, 0.2) is 29.1 Å². The van der Waals surface area contributed by atoms with Gasteiger partial charge in [0.2, 0.25) is 0 Å². The first kappa shape index (κ1) is 16.9. The van der Waals surface area contributed by atoms with E-state index in [1.807, 2.05) is 13.0 Å². The van der Waals surface area contributed by atoms with Gasteiger partial charge in [-0.05, 0) is 68.7 Å². The van der Waals surface area contributed by atoms with Gasteiger partial charge in [-0.25, -0.2) is 0 Å². The molecular formula is C21H24N2O3. The zero-order chi connectivity index (χ0) is 18.1. The number of rotatable bonds is 4. The molecule has 0 saturated carbocycles. The number of fused-ring (bicyclic) bond motifs is 2. The highest BCUT2D eigenvalue weighted by molar-refractivity contribution is 6.07. The first-order valence-corrected chi connectivity index (χ1v) is 9.50. The number of aromatic nitrogens is 1. The van der Waals surface area contributed by atoms with Gasteiger partial charge in [0.1, 0.15) is 11.3 Å². The van der Waals surface area contributed by atoms with E-state index in [1.165, 1.54) is 23.6 Å². The Hall–Kier alpha value is -2.56. The number of benzene rings is 1. The smallest absolute Gasteiger partial charge is 0.261 e. The van der Waals surface area contributed by atoms with Crippen molar-refractivity contribution in [1.82, 2.24) is 4.57 Å². The molecule has 2 aliphatic rings. The Balaban J connectivity index is 1.71. The lowest BCUT2D eigenvalue weighted by Crippen LogP contribution is -2.31. The molecule has 1 aromatic carbocycles. The standard InChI is InChI=1S/C21H24N2O3/c1-2-26-18-13-19(24)23-11-4-3-8-17(23)20(18)21(25)22-16-10-9-14-6-5-7-15(14)12-16/h9-10,12-13H,2-8,11H2,1H3,(H,22,25). The summed E-state index contributed by atoms with van der Waals surface area (Å²) in [5, 5.41) is 3.02. The summed E-state index contributed by atoms with van der Waals surface area (Å²) in [6, 6.07) is 7.59. The SMILES string of the molecule is CCOc1cc(=O)n2c(c1C(=O)Nc1ccc3c(c1)CCC3)CCCC2. The van der Waals surface area contributed by atoms with E-state index < -0.39 is 0 Å². The van der Waals surface area contributed by atoms with E-state index in [2.05, 4.69) is 17.4 Å². The molecule has 5 nitrogen and oxygen atoms in total. The van der Waals surface area contributed by atoms with Gasteiger partial charge in [-0.3, -0.25) is 9.59 Å². The van der Waals surface area contributed by atoms with Crippen LogP contribution >= 0.6 is 0 Å². The van der Waals surface area contributed by atoms with E-state index in [0.717, 1.165) is 43.5 Å². The fourth-order valence-corrected chi connectivity index (χ4v) is 4.10. The van der Waals surface area contributed by atoms with Gasteiger partial charge in [-0.1, -0.05) is 6.07 Å². The third-order valence-corrected chi connectivity index (χ3v) is 5.31. The fourth-order valence-electron chi connectivity index (χ4n) is 4.10. The largest absolute Gasteiger partial charge is 0.493 e.